The van der Waals surface area contributed by atoms with Crippen molar-refractivity contribution in [2.75, 3.05) is 6.54 Å². The van der Waals surface area contributed by atoms with E-state index in [0.29, 0.717) is 5.92 Å². The lowest BCUT2D eigenvalue weighted by molar-refractivity contribution is 0.545. The minimum Gasteiger partial charge on any atom is -0.309 e. The summed E-state index contributed by atoms with van der Waals surface area (Å²) in [5.41, 5.74) is 1.14. The van der Waals surface area contributed by atoms with Gasteiger partial charge in [-0.1, -0.05) is 13.8 Å². The van der Waals surface area contributed by atoms with Gasteiger partial charge in [0, 0.05) is 23.3 Å². The third kappa shape index (κ3) is 4.09. The topological polar surface area (TPSA) is 24.9 Å². The van der Waals surface area contributed by atoms with Crippen molar-refractivity contribution in [3.8, 4) is 0 Å². The molecule has 4 heteroatoms. The molecule has 1 aromatic rings. The number of halogens is 1. The molecule has 0 spiro atoms. The van der Waals surface area contributed by atoms with Crippen molar-refractivity contribution < 1.29 is 0 Å². The molecule has 1 rings (SSSR count). The molecule has 0 saturated carbocycles. The van der Waals surface area contributed by atoms with Crippen LogP contribution in [0.15, 0.2) is 0 Å². The van der Waals surface area contributed by atoms with Gasteiger partial charge in [-0.25, -0.2) is 4.98 Å². The molecule has 0 aliphatic heterocycles. The summed E-state index contributed by atoms with van der Waals surface area (Å²) < 4.78 is 0. The highest BCUT2D eigenvalue weighted by Gasteiger charge is 2.09. The van der Waals surface area contributed by atoms with E-state index in [1.165, 1.54) is 4.88 Å². The van der Waals surface area contributed by atoms with Crippen molar-refractivity contribution >= 4 is 22.9 Å². The molecule has 1 atom stereocenters. The maximum Gasteiger partial charge on any atom is 0.107 e. The van der Waals surface area contributed by atoms with Gasteiger partial charge in [-0.3, -0.25) is 0 Å². The largest absolute Gasteiger partial charge is 0.309 e. The summed E-state index contributed by atoms with van der Waals surface area (Å²) in [5, 5.41) is 4.69. The standard InChI is InChI=1S/C11H19ClN2S/c1-7(2)10(12)5-13-6-11-14-8(3)9(4)15-11/h7,10,13H,5-6H2,1-4H3. The molecule has 1 unspecified atom stereocenters. The molecule has 0 radical (unpaired) electrons. The van der Waals surface area contributed by atoms with E-state index in [4.69, 9.17) is 11.6 Å². The van der Waals surface area contributed by atoms with Crippen LogP contribution in [-0.2, 0) is 6.54 Å². The van der Waals surface area contributed by atoms with Gasteiger partial charge in [0.25, 0.3) is 0 Å². The molecule has 1 heterocycles. The van der Waals surface area contributed by atoms with E-state index >= 15 is 0 Å². The number of nitrogens with zero attached hydrogens (tertiary/aromatic N) is 1. The predicted molar refractivity (Wildman–Crippen MR) is 67.8 cm³/mol. The summed E-state index contributed by atoms with van der Waals surface area (Å²) in [6.45, 7) is 10.1. The molecular weight excluding hydrogens is 228 g/mol. The fourth-order valence-corrected chi connectivity index (χ4v) is 2.18. The molecule has 0 aliphatic rings. The van der Waals surface area contributed by atoms with Crippen LogP contribution in [0.4, 0.5) is 0 Å². The normalized spacial score (nSPS) is 13.5. The van der Waals surface area contributed by atoms with Gasteiger partial charge >= 0.3 is 0 Å². The first-order chi connectivity index (χ1) is 7.00. The van der Waals surface area contributed by atoms with Crippen molar-refractivity contribution in [2.45, 2.75) is 39.6 Å². The van der Waals surface area contributed by atoms with Crippen LogP contribution in [0.5, 0.6) is 0 Å². The second-order valence-corrected chi connectivity index (χ2v) is 5.99. The predicted octanol–water partition coefficient (Wildman–Crippen LogP) is 3.11. The minimum atomic E-state index is 0.201. The maximum absolute atomic E-state index is 6.14. The Morgan fingerprint density at radius 1 is 1.40 bits per heavy atom. The average Bonchev–Trinajstić information content (AvgIpc) is 2.46. The lowest BCUT2D eigenvalue weighted by Gasteiger charge is -2.13. The Bertz CT molecular complexity index is 290. The first-order valence-electron chi connectivity index (χ1n) is 5.28. The second-order valence-electron chi connectivity index (χ2n) is 4.14. The van der Waals surface area contributed by atoms with Gasteiger partial charge in [0.15, 0.2) is 0 Å². The smallest absolute Gasteiger partial charge is 0.107 e. The van der Waals surface area contributed by atoms with Crippen LogP contribution in [0.3, 0.4) is 0 Å². The highest BCUT2D eigenvalue weighted by molar-refractivity contribution is 7.11. The molecule has 86 valence electrons. The summed E-state index contributed by atoms with van der Waals surface area (Å²) in [5.74, 6) is 0.513. The number of nitrogens with one attached hydrogen (secondary N) is 1. The van der Waals surface area contributed by atoms with Crippen molar-refractivity contribution in [1.82, 2.24) is 10.3 Å². The number of hydrogen-bond donors (Lipinski definition) is 1. The molecular formula is C11H19ClN2S. The van der Waals surface area contributed by atoms with E-state index in [0.717, 1.165) is 23.8 Å². The molecule has 0 bridgehead atoms. The number of thiazole rings is 1. The molecule has 2 nitrogen and oxygen atoms in total. The molecule has 0 saturated heterocycles. The number of rotatable bonds is 5. The quantitative estimate of drug-likeness (QED) is 0.808. The van der Waals surface area contributed by atoms with Crippen molar-refractivity contribution in [2.24, 2.45) is 5.92 Å². The Morgan fingerprint density at radius 2 is 2.07 bits per heavy atom. The first-order valence-corrected chi connectivity index (χ1v) is 6.53. The van der Waals surface area contributed by atoms with E-state index in [-0.39, 0.29) is 5.38 Å². The molecule has 0 fully saturated rings. The van der Waals surface area contributed by atoms with E-state index in [9.17, 15) is 0 Å². The number of hydrogen-bond acceptors (Lipinski definition) is 3. The summed E-state index contributed by atoms with van der Waals surface area (Å²) in [4.78, 5) is 5.77. The van der Waals surface area contributed by atoms with Crippen molar-refractivity contribution in [1.29, 1.82) is 0 Å². The van der Waals surface area contributed by atoms with Gasteiger partial charge in [-0.2, -0.15) is 0 Å². The lowest BCUT2D eigenvalue weighted by atomic mass is 10.1. The number of alkyl halides is 1. The summed E-state index contributed by atoms with van der Waals surface area (Å²) in [6, 6.07) is 0. The molecule has 1 aromatic heterocycles. The van der Waals surface area contributed by atoms with E-state index < -0.39 is 0 Å². The lowest BCUT2D eigenvalue weighted by Crippen LogP contribution is -2.26. The van der Waals surface area contributed by atoms with Crippen molar-refractivity contribution in [3.63, 3.8) is 0 Å². The molecule has 15 heavy (non-hydrogen) atoms. The fourth-order valence-electron chi connectivity index (χ4n) is 1.17. The van der Waals surface area contributed by atoms with Crippen LogP contribution in [0.2, 0.25) is 0 Å². The van der Waals surface area contributed by atoms with Crippen LogP contribution in [-0.4, -0.2) is 16.9 Å². The monoisotopic (exact) mass is 246 g/mol. The first kappa shape index (κ1) is 12.9. The summed E-state index contributed by atoms with van der Waals surface area (Å²) >= 11 is 7.90. The zero-order valence-electron chi connectivity index (χ0n) is 9.80. The van der Waals surface area contributed by atoms with Crippen LogP contribution < -0.4 is 5.32 Å². The van der Waals surface area contributed by atoms with Gasteiger partial charge in [0.2, 0.25) is 0 Å². The fraction of sp³-hybridized carbons (Fsp3) is 0.727. The SMILES string of the molecule is Cc1nc(CNCC(Cl)C(C)C)sc1C. The number of aromatic nitrogens is 1. The number of aryl methyl sites for hydroxylation is 2. The van der Waals surface area contributed by atoms with Crippen LogP contribution >= 0.6 is 22.9 Å². The van der Waals surface area contributed by atoms with E-state index in [1.807, 2.05) is 6.92 Å². The third-order valence-corrected chi connectivity index (χ3v) is 4.14. The van der Waals surface area contributed by atoms with Crippen LogP contribution in [0.1, 0.15) is 29.4 Å². The van der Waals surface area contributed by atoms with E-state index in [1.54, 1.807) is 11.3 Å². The Kier molecular flexibility index (Phi) is 5.03. The molecule has 1 N–H and O–H groups in total. The minimum absolute atomic E-state index is 0.201. The average molecular weight is 247 g/mol. The molecule has 0 aromatic carbocycles. The second kappa shape index (κ2) is 5.83. The van der Waals surface area contributed by atoms with Crippen LogP contribution in [0.25, 0.3) is 0 Å². The summed E-state index contributed by atoms with van der Waals surface area (Å²) in [7, 11) is 0. The van der Waals surface area contributed by atoms with Gasteiger partial charge in [0.1, 0.15) is 5.01 Å². The Hall–Kier alpha value is -0.120. The van der Waals surface area contributed by atoms with Gasteiger partial charge in [-0.15, -0.1) is 22.9 Å². The third-order valence-electron chi connectivity index (χ3n) is 2.41. The van der Waals surface area contributed by atoms with E-state index in [2.05, 4.69) is 31.1 Å². The molecule has 0 amide bonds. The Morgan fingerprint density at radius 3 is 2.53 bits per heavy atom. The molecule has 0 aliphatic carbocycles. The Balaban J connectivity index is 2.32. The zero-order chi connectivity index (χ0) is 11.4. The highest BCUT2D eigenvalue weighted by atomic mass is 35.5. The zero-order valence-corrected chi connectivity index (χ0v) is 11.4. The Labute approximate surface area is 101 Å². The van der Waals surface area contributed by atoms with Crippen molar-refractivity contribution in [3.05, 3.63) is 15.6 Å². The maximum atomic E-state index is 6.14. The van der Waals surface area contributed by atoms with Gasteiger partial charge in [0.05, 0.1) is 5.69 Å². The highest BCUT2D eigenvalue weighted by Crippen LogP contribution is 2.16. The summed E-state index contributed by atoms with van der Waals surface area (Å²) in [6.07, 6.45) is 0. The van der Waals surface area contributed by atoms with Crippen LogP contribution in [0, 0.1) is 19.8 Å². The van der Waals surface area contributed by atoms with Gasteiger partial charge in [-0.05, 0) is 19.8 Å². The van der Waals surface area contributed by atoms with Gasteiger partial charge < -0.3 is 5.32 Å².